The zero-order valence-corrected chi connectivity index (χ0v) is 6.05. The molecule has 1 N–H and O–H groups in total. The summed E-state index contributed by atoms with van der Waals surface area (Å²) in [4.78, 5) is 2.16. The summed E-state index contributed by atoms with van der Waals surface area (Å²) in [6.07, 6.45) is -2.83. The van der Waals surface area contributed by atoms with Crippen molar-refractivity contribution >= 4 is 8.19 Å². The normalized spacial score (nSPS) is 12.8. The highest BCUT2D eigenvalue weighted by molar-refractivity contribution is 7.31. The Hall–Kier alpha value is -0.500. The minimum atomic E-state index is -4.20. The van der Waals surface area contributed by atoms with Crippen molar-refractivity contribution in [2.24, 2.45) is 0 Å². The molecular weight excluding hydrogens is 162 g/mol. The van der Waals surface area contributed by atoms with Crippen LogP contribution in [-0.2, 0) is 6.18 Å². The molecule has 1 heterocycles. The van der Waals surface area contributed by atoms with E-state index in [2.05, 4.69) is 4.98 Å². The van der Waals surface area contributed by atoms with Gasteiger partial charge in [0.2, 0.25) is 0 Å². The molecule has 0 atom stereocenters. The summed E-state index contributed by atoms with van der Waals surface area (Å²) in [6, 6.07) is 0. The molecule has 56 valence electrons. The van der Waals surface area contributed by atoms with Gasteiger partial charge in [0.15, 0.2) is 0 Å². The number of rotatable bonds is 0. The third-order valence-electron chi connectivity index (χ3n) is 0.974. The van der Waals surface area contributed by atoms with E-state index in [4.69, 9.17) is 0 Å². The molecule has 0 saturated heterocycles. The molecule has 0 saturated carbocycles. The zero-order chi connectivity index (χ0) is 7.78. The average Bonchev–Trinajstić information content (AvgIpc) is 2.11. The van der Waals surface area contributed by atoms with Crippen molar-refractivity contribution in [2.45, 2.75) is 13.1 Å². The van der Waals surface area contributed by atoms with Crippen LogP contribution in [0.3, 0.4) is 0 Å². The Labute approximate surface area is 57.4 Å². The van der Waals surface area contributed by atoms with Crippen LogP contribution in [0.1, 0.15) is 10.7 Å². The summed E-state index contributed by atoms with van der Waals surface area (Å²) >= 11 is 0. The largest absolute Gasteiger partial charge is 0.435 e. The van der Waals surface area contributed by atoms with E-state index in [0.29, 0.717) is 5.30 Å². The van der Waals surface area contributed by atoms with Gasteiger partial charge in [0.25, 0.3) is 0 Å². The molecule has 0 aliphatic rings. The SMILES string of the molecule is Cc1c[nH]c(C(F)(F)F)p1. The second-order valence-corrected chi connectivity index (χ2v) is 3.26. The zero-order valence-electron chi connectivity index (χ0n) is 5.16. The number of nitrogens with one attached hydrogen (secondary N) is 1. The molecule has 1 nitrogen and oxygen atoms in total. The van der Waals surface area contributed by atoms with Gasteiger partial charge < -0.3 is 4.98 Å². The molecule has 0 amide bonds. The lowest BCUT2D eigenvalue weighted by molar-refractivity contribution is -0.137. The number of hydrogen-bond donors (Lipinski definition) is 1. The van der Waals surface area contributed by atoms with Crippen molar-refractivity contribution in [2.75, 3.05) is 0 Å². The topological polar surface area (TPSA) is 15.8 Å². The molecule has 0 aliphatic carbocycles. The highest BCUT2D eigenvalue weighted by atomic mass is 31.0. The number of alkyl halides is 3. The number of aromatic amines is 1. The number of hydrogen-bond acceptors (Lipinski definition) is 0. The van der Waals surface area contributed by atoms with Crippen molar-refractivity contribution < 1.29 is 13.2 Å². The average molecular weight is 167 g/mol. The minimum absolute atomic E-state index is 0.240. The molecule has 1 aromatic heterocycles. The standard InChI is InChI=1S/C5H5F3NP/c1-3-2-9-4(10-3)5(6,7)8/h2,9H,1H3. The Balaban J connectivity index is 2.96. The van der Waals surface area contributed by atoms with Gasteiger partial charge in [-0.1, -0.05) is 0 Å². The van der Waals surface area contributed by atoms with Crippen LogP contribution in [0.5, 0.6) is 0 Å². The maximum absolute atomic E-state index is 11.8. The molecule has 0 fully saturated rings. The van der Waals surface area contributed by atoms with Crippen molar-refractivity contribution in [3.05, 3.63) is 16.9 Å². The van der Waals surface area contributed by atoms with E-state index in [9.17, 15) is 13.2 Å². The maximum atomic E-state index is 11.8. The molecule has 0 aromatic carbocycles. The molecule has 10 heavy (non-hydrogen) atoms. The van der Waals surface area contributed by atoms with Gasteiger partial charge in [-0.3, -0.25) is 0 Å². The quantitative estimate of drug-likeness (QED) is 0.611. The van der Waals surface area contributed by atoms with Gasteiger partial charge in [0.05, 0.1) is 0 Å². The first-order valence-corrected chi connectivity index (χ1v) is 3.49. The van der Waals surface area contributed by atoms with Crippen molar-refractivity contribution in [3.8, 4) is 0 Å². The Morgan fingerprint density at radius 3 is 2.30 bits per heavy atom. The van der Waals surface area contributed by atoms with Crippen LogP contribution in [0, 0.1) is 6.92 Å². The third-order valence-corrected chi connectivity index (χ3v) is 2.06. The van der Waals surface area contributed by atoms with E-state index < -0.39 is 11.6 Å². The first-order chi connectivity index (χ1) is 4.50. The smallest absolute Gasteiger partial charge is 0.353 e. The summed E-state index contributed by atoms with van der Waals surface area (Å²) in [5.74, 6) is 0. The van der Waals surface area contributed by atoms with E-state index in [1.165, 1.54) is 6.20 Å². The molecule has 1 rings (SSSR count). The first kappa shape index (κ1) is 7.61. The van der Waals surface area contributed by atoms with E-state index >= 15 is 0 Å². The second kappa shape index (κ2) is 2.27. The summed E-state index contributed by atoms with van der Waals surface area (Å²) in [5.41, 5.74) is -0.593. The summed E-state index contributed by atoms with van der Waals surface area (Å²) in [5, 5.41) is 0.687. The number of aromatic nitrogens is 1. The van der Waals surface area contributed by atoms with Crippen LogP contribution in [0.2, 0.25) is 0 Å². The molecule has 0 radical (unpaired) electrons. The van der Waals surface area contributed by atoms with Gasteiger partial charge in [-0.2, -0.15) is 13.2 Å². The first-order valence-electron chi connectivity index (χ1n) is 2.59. The lowest BCUT2D eigenvalue weighted by Crippen LogP contribution is -2.02. The van der Waals surface area contributed by atoms with Crippen LogP contribution in [-0.4, -0.2) is 4.98 Å². The fourth-order valence-corrected chi connectivity index (χ4v) is 1.30. The highest BCUT2D eigenvalue weighted by Crippen LogP contribution is 2.34. The lowest BCUT2D eigenvalue weighted by Gasteiger charge is -1.99. The second-order valence-electron chi connectivity index (χ2n) is 1.89. The van der Waals surface area contributed by atoms with Gasteiger partial charge in [0, 0.05) is 6.20 Å². The van der Waals surface area contributed by atoms with Crippen molar-refractivity contribution in [1.82, 2.24) is 4.98 Å². The van der Waals surface area contributed by atoms with E-state index in [1.807, 2.05) is 0 Å². The van der Waals surface area contributed by atoms with Crippen molar-refractivity contribution in [1.29, 1.82) is 0 Å². The van der Waals surface area contributed by atoms with Crippen LogP contribution in [0.4, 0.5) is 13.2 Å². The number of halogens is 3. The molecule has 0 bridgehead atoms. The predicted octanol–water partition coefficient (Wildman–Crippen LogP) is 2.92. The van der Waals surface area contributed by atoms with Crippen LogP contribution >= 0.6 is 8.19 Å². The van der Waals surface area contributed by atoms with Gasteiger partial charge >= 0.3 is 6.18 Å². The Kier molecular flexibility index (Phi) is 1.73. The molecule has 1 aromatic rings. The number of aryl methyl sites for hydroxylation is 1. The van der Waals surface area contributed by atoms with Gasteiger partial charge in [-0.05, 0) is 20.4 Å². The Morgan fingerprint density at radius 2 is 2.10 bits per heavy atom. The molecule has 0 aliphatic heterocycles. The minimum Gasteiger partial charge on any atom is -0.353 e. The van der Waals surface area contributed by atoms with Crippen molar-refractivity contribution in [3.63, 3.8) is 0 Å². The maximum Gasteiger partial charge on any atom is 0.435 e. The fourth-order valence-electron chi connectivity index (χ4n) is 0.559. The van der Waals surface area contributed by atoms with Crippen LogP contribution < -0.4 is 0 Å². The van der Waals surface area contributed by atoms with E-state index in [1.54, 1.807) is 6.92 Å². The van der Waals surface area contributed by atoms with Crippen LogP contribution in [0.25, 0.3) is 0 Å². The molecule has 0 unspecified atom stereocenters. The monoisotopic (exact) mass is 167 g/mol. The fraction of sp³-hybridized carbons (Fsp3) is 0.400. The molecular formula is C5H5F3NP. The van der Waals surface area contributed by atoms with Gasteiger partial charge in [-0.15, -0.1) is 0 Å². The van der Waals surface area contributed by atoms with Gasteiger partial charge in [-0.25, -0.2) is 0 Å². The highest BCUT2D eigenvalue weighted by Gasteiger charge is 2.32. The molecule has 5 heteroatoms. The summed E-state index contributed by atoms with van der Waals surface area (Å²) in [6.45, 7) is 1.65. The summed E-state index contributed by atoms with van der Waals surface area (Å²) in [7, 11) is 0.240. The van der Waals surface area contributed by atoms with E-state index in [-0.39, 0.29) is 8.19 Å². The Morgan fingerprint density at radius 1 is 1.50 bits per heavy atom. The summed E-state index contributed by atoms with van der Waals surface area (Å²) < 4.78 is 35.4. The Bertz CT molecular complexity index is 227. The van der Waals surface area contributed by atoms with Crippen LogP contribution in [0.15, 0.2) is 6.20 Å². The van der Waals surface area contributed by atoms with Gasteiger partial charge in [0.1, 0.15) is 5.43 Å². The predicted molar refractivity (Wildman–Crippen MR) is 33.0 cm³/mol. The third kappa shape index (κ3) is 1.51. The van der Waals surface area contributed by atoms with E-state index in [0.717, 1.165) is 0 Å². The number of H-pyrrole nitrogens is 1. The molecule has 0 spiro atoms. The lowest BCUT2D eigenvalue weighted by atomic mass is 10.6.